The van der Waals surface area contributed by atoms with Crippen molar-refractivity contribution in [3.8, 4) is 11.5 Å². The molecule has 0 spiro atoms. The maximum Gasteiger partial charge on any atom is 0.332 e. The fraction of sp³-hybridized carbons (Fsp3) is 0.333. The predicted molar refractivity (Wildman–Crippen MR) is 106 cm³/mol. The predicted octanol–water partition coefficient (Wildman–Crippen LogP) is 0.963. The van der Waals surface area contributed by atoms with E-state index in [1.165, 1.54) is 37.6 Å². The first kappa shape index (κ1) is 19.7. The second kappa shape index (κ2) is 7.55. The number of thioether (sulfide) groups is 1. The summed E-state index contributed by atoms with van der Waals surface area (Å²) >= 11 is 1.18. The van der Waals surface area contributed by atoms with Gasteiger partial charge in [0, 0.05) is 21.1 Å². The molecule has 0 atom stereocenters. The van der Waals surface area contributed by atoms with Crippen LogP contribution < -0.4 is 20.7 Å². The smallest absolute Gasteiger partial charge is 0.332 e. The van der Waals surface area contributed by atoms with Gasteiger partial charge in [-0.1, -0.05) is 11.8 Å². The van der Waals surface area contributed by atoms with Crippen LogP contribution in [0, 0.1) is 0 Å². The van der Waals surface area contributed by atoms with Crippen LogP contribution in [0.3, 0.4) is 0 Å². The first-order valence-electron chi connectivity index (χ1n) is 8.30. The van der Waals surface area contributed by atoms with E-state index in [-0.39, 0.29) is 17.2 Å². The first-order valence-corrected chi connectivity index (χ1v) is 9.29. The summed E-state index contributed by atoms with van der Waals surface area (Å²) < 4.78 is 14.4. The molecule has 10 heteroatoms. The summed E-state index contributed by atoms with van der Waals surface area (Å²) in [5.41, 5.74) is 0.101. The lowest BCUT2D eigenvalue weighted by Gasteiger charge is -2.09. The zero-order chi connectivity index (χ0) is 20.6. The highest BCUT2D eigenvalue weighted by atomic mass is 32.2. The molecule has 9 nitrogen and oxygen atoms in total. The van der Waals surface area contributed by atoms with Gasteiger partial charge in [0.15, 0.2) is 22.1 Å². The van der Waals surface area contributed by atoms with E-state index in [9.17, 15) is 14.4 Å². The van der Waals surface area contributed by atoms with Crippen molar-refractivity contribution in [2.24, 2.45) is 21.1 Å². The molecule has 28 heavy (non-hydrogen) atoms. The summed E-state index contributed by atoms with van der Waals surface area (Å²) in [4.78, 5) is 41.6. The molecule has 0 fully saturated rings. The molecule has 2 aromatic heterocycles. The van der Waals surface area contributed by atoms with Crippen molar-refractivity contribution >= 4 is 28.7 Å². The average Bonchev–Trinajstić information content (AvgIpc) is 3.04. The van der Waals surface area contributed by atoms with E-state index in [0.717, 1.165) is 4.57 Å². The Bertz CT molecular complexity index is 1190. The van der Waals surface area contributed by atoms with Crippen LogP contribution in [0.15, 0.2) is 32.9 Å². The normalized spacial score (nSPS) is 11.0. The number of ether oxygens (including phenoxy) is 2. The molecule has 0 N–H and O–H groups in total. The van der Waals surface area contributed by atoms with Crippen molar-refractivity contribution in [2.45, 2.75) is 5.16 Å². The number of aromatic nitrogens is 4. The van der Waals surface area contributed by atoms with Gasteiger partial charge < -0.3 is 14.0 Å². The number of hydrogen-bond donors (Lipinski definition) is 0. The van der Waals surface area contributed by atoms with Crippen molar-refractivity contribution in [1.82, 2.24) is 18.7 Å². The Kier molecular flexibility index (Phi) is 5.32. The van der Waals surface area contributed by atoms with Crippen molar-refractivity contribution in [3.05, 3.63) is 44.6 Å². The number of carbonyl (C=O) groups excluding carboxylic acids is 1. The molecule has 3 rings (SSSR count). The molecule has 0 aliphatic rings. The van der Waals surface area contributed by atoms with Gasteiger partial charge in [-0.25, -0.2) is 9.78 Å². The second-order valence-electron chi connectivity index (χ2n) is 6.11. The topological polar surface area (TPSA) is 97.4 Å². The number of Topliss-reactive ketones (excluding diaryl/α,β-unsaturated/α-hetero) is 1. The van der Waals surface area contributed by atoms with Crippen LogP contribution in [-0.4, -0.2) is 44.4 Å². The minimum absolute atomic E-state index is 0.0783. The van der Waals surface area contributed by atoms with Crippen molar-refractivity contribution < 1.29 is 14.3 Å². The van der Waals surface area contributed by atoms with Crippen LogP contribution in [0.4, 0.5) is 0 Å². The van der Waals surface area contributed by atoms with Gasteiger partial charge >= 0.3 is 5.69 Å². The molecule has 0 amide bonds. The first-order chi connectivity index (χ1) is 13.3. The highest BCUT2D eigenvalue weighted by Crippen LogP contribution is 2.27. The maximum atomic E-state index is 12.7. The monoisotopic (exact) mass is 404 g/mol. The van der Waals surface area contributed by atoms with Crippen LogP contribution in [0.5, 0.6) is 11.5 Å². The van der Waals surface area contributed by atoms with Crippen LogP contribution in [0.1, 0.15) is 10.4 Å². The Labute approximate surface area is 164 Å². The zero-order valence-electron chi connectivity index (χ0n) is 16.2. The number of nitrogens with zero attached hydrogens (tertiary/aromatic N) is 4. The lowest BCUT2D eigenvalue weighted by atomic mass is 10.1. The fourth-order valence-corrected chi connectivity index (χ4v) is 3.72. The van der Waals surface area contributed by atoms with E-state index in [1.807, 2.05) is 0 Å². The maximum absolute atomic E-state index is 12.7. The third-order valence-corrected chi connectivity index (χ3v) is 5.50. The van der Waals surface area contributed by atoms with Gasteiger partial charge in [0.25, 0.3) is 5.56 Å². The van der Waals surface area contributed by atoms with Crippen molar-refractivity contribution in [1.29, 1.82) is 0 Å². The van der Waals surface area contributed by atoms with Crippen LogP contribution in [-0.2, 0) is 21.1 Å². The number of fused-ring (bicyclic) bond motifs is 1. The molecule has 0 saturated heterocycles. The second-order valence-corrected chi connectivity index (χ2v) is 7.05. The van der Waals surface area contributed by atoms with Gasteiger partial charge in [-0.3, -0.25) is 18.7 Å². The number of rotatable bonds is 6. The Hall–Kier alpha value is -3.01. The Morgan fingerprint density at radius 2 is 1.79 bits per heavy atom. The average molecular weight is 404 g/mol. The molecule has 2 heterocycles. The number of benzene rings is 1. The summed E-state index contributed by atoms with van der Waals surface area (Å²) in [6, 6.07) is 5.01. The number of methoxy groups -OCH3 is 2. The third kappa shape index (κ3) is 3.19. The molecule has 0 radical (unpaired) electrons. The highest BCUT2D eigenvalue weighted by molar-refractivity contribution is 7.99. The number of ketones is 1. The Morgan fingerprint density at radius 3 is 2.43 bits per heavy atom. The molecule has 0 aliphatic heterocycles. The van der Waals surface area contributed by atoms with Gasteiger partial charge in [-0.2, -0.15) is 0 Å². The van der Waals surface area contributed by atoms with Crippen molar-refractivity contribution in [3.63, 3.8) is 0 Å². The van der Waals surface area contributed by atoms with Gasteiger partial charge in [0.2, 0.25) is 0 Å². The Morgan fingerprint density at radius 1 is 1.07 bits per heavy atom. The molecule has 0 saturated carbocycles. The quantitative estimate of drug-likeness (QED) is 0.446. The van der Waals surface area contributed by atoms with Gasteiger partial charge in [0.05, 0.1) is 25.5 Å². The van der Waals surface area contributed by atoms with E-state index < -0.39 is 11.2 Å². The Balaban J connectivity index is 1.95. The standard InChI is InChI=1S/C18H20N4O5S/c1-20-14-15(21(2)18(25)22(3)16(14)24)19-17(20)28-9-12(23)11-8-10(26-4)6-7-13(11)27-5/h6-8H,9H2,1-5H3. The summed E-state index contributed by atoms with van der Waals surface area (Å²) in [7, 11) is 7.67. The minimum atomic E-state index is -0.454. The third-order valence-electron chi connectivity index (χ3n) is 4.47. The molecule has 0 bridgehead atoms. The van der Waals surface area contributed by atoms with E-state index in [2.05, 4.69) is 4.98 Å². The molecular formula is C18H20N4O5S. The largest absolute Gasteiger partial charge is 0.497 e. The fourth-order valence-electron chi connectivity index (χ4n) is 2.87. The summed E-state index contributed by atoms with van der Waals surface area (Å²) in [5, 5.41) is 0.462. The van der Waals surface area contributed by atoms with Crippen LogP contribution >= 0.6 is 11.8 Å². The number of hydrogen-bond acceptors (Lipinski definition) is 7. The molecule has 1 aromatic carbocycles. The lowest BCUT2D eigenvalue weighted by molar-refractivity contribution is 0.101. The SMILES string of the molecule is COc1ccc(OC)c(C(=O)CSc2nc3c(c(=O)n(C)c(=O)n3C)n2C)c1. The van der Waals surface area contributed by atoms with Crippen LogP contribution in [0.25, 0.3) is 11.2 Å². The summed E-state index contributed by atoms with van der Waals surface area (Å²) in [5.74, 6) is 0.909. The molecule has 0 unspecified atom stereocenters. The number of carbonyl (C=O) groups is 1. The van der Waals surface area contributed by atoms with Gasteiger partial charge in [0.1, 0.15) is 11.5 Å². The molecule has 0 aliphatic carbocycles. The molecule has 3 aromatic rings. The lowest BCUT2D eigenvalue weighted by Crippen LogP contribution is -2.37. The van der Waals surface area contributed by atoms with Crippen molar-refractivity contribution in [2.75, 3.05) is 20.0 Å². The highest BCUT2D eigenvalue weighted by Gasteiger charge is 2.19. The summed E-state index contributed by atoms with van der Waals surface area (Å²) in [6.07, 6.45) is 0. The van der Waals surface area contributed by atoms with Gasteiger partial charge in [-0.15, -0.1) is 0 Å². The molecule has 148 valence electrons. The van der Waals surface area contributed by atoms with E-state index in [4.69, 9.17) is 9.47 Å². The summed E-state index contributed by atoms with van der Waals surface area (Å²) in [6.45, 7) is 0. The minimum Gasteiger partial charge on any atom is -0.497 e. The van der Waals surface area contributed by atoms with Crippen LogP contribution in [0.2, 0.25) is 0 Å². The zero-order valence-corrected chi connectivity index (χ0v) is 17.0. The van der Waals surface area contributed by atoms with E-state index in [0.29, 0.717) is 27.7 Å². The van der Waals surface area contributed by atoms with E-state index >= 15 is 0 Å². The van der Waals surface area contributed by atoms with E-state index in [1.54, 1.807) is 36.9 Å². The molecular weight excluding hydrogens is 384 g/mol. The number of aryl methyl sites for hydroxylation is 2. The van der Waals surface area contributed by atoms with Gasteiger partial charge in [-0.05, 0) is 18.2 Å². The number of imidazole rings is 1.